The van der Waals surface area contributed by atoms with Crippen molar-refractivity contribution >= 4 is 22.4 Å². The fourth-order valence-electron chi connectivity index (χ4n) is 4.79. The highest BCUT2D eigenvalue weighted by Crippen LogP contribution is 2.41. The number of nitrogens with zero attached hydrogens (tertiary/aromatic N) is 2. The van der Waals surface area contributed by atoms with Crippen molar-refractivity contribution in [2.75, 3.05) is 32.7 Å². The van der Waals surface area contributed by atoms with Crippen LogP contribution >= 0.6 is 0 Å². The van der Waals surface area contributed by atoms with Gasteiger partial charge in [-0.25, -0.2) is 0 Å². The summed E-state index contributed by atoms with van der Waals surface area (Å²) in [5.41, 5.74) is 11.0. The average Bonchev–Trinajstić information content (AvgIpc) is 3.11. The number of hydrogen-bond donors (Lipinski definition) is 2. The van der Waals surface area contributed by atoms with E-state index in [0.717, 1.165) is 39.0 Å². The molecular formula is C22H30N4O. The molecule has 5 heteroatoms. The number of carbonyl (C=O) groups excluding carboxylic acids is 1. The third kappa shape index (κ3) is 3.09. The largest absolute Gasteiger partial charge is 0.361 e. The highest BCUT2D eigenvalue weighted by Gasteiger charge is 2.37. The molecule has 144 valence electrons. The molecule has 1 unspecified atom stereocenters. The van der Waals surface area contributed by atoms with Crippen molar-refractivity contribution in [3.63, 3.8) is 0 Å². The van der Waals surface area contributed by atoms with Gasteiger partial charge < -0.3 is 15.6 Å². The van der Waals surface area contributed by atoms with Crippen molar-refractivity contribution in [1.82, 2.24) is 14.8 Å². The summed E-state index contributed by atoms with van der Waals surface area (Å²) >= 11 is 0. The first-order valence-corrected chi connectivity index (χ1v) is 10.2. The molecule has 2 heterocycles. The van der Waals surface area contributed by atoms with Crippen molar-refractivity contribution in [3.8, 4) is 0 Å². The predicted molar refractivity (Wildman–Crippen MR) is 110 cm³/mol. The van der Waals surface area contributed by atoms with E-state index in [9.17, 15) is 4.79 Å². The highest BCUT2D eigenvalue weighted by molar-refractivity contribution is 5.99. The zero-order valence-corrected chi connectivity index (χ0v) is 16.4. The summed E-state index contributed by atoms with van der Waals surface area (Å²) in [5.74, 6) is 0.167. The number of benzene rings is 1. The van der Waals surface area contributed by atoms with Crippen molar-refractivity contribution < 1.29 is 4.79 Å². The summed E-state index contributed by atoms with van der Waals surface area (Å²) < 4.78 is 0. The molecule has 1 aliphatic heterocycles. The maximum Gasteiger partial charge on any atom is 0.230 e. The van der Waals surface area contributed by atoms with E-state index >= 15 is 0 Å². The van der Waals surface area contributed by atoms with Crippen molar-refractivity contribution in [2.45, 2.75) is 32.7 Å². The zero-order chi connectivity index (χ0) is 19.0. The van der Waals surface area contributed by atoms with E-state index in [2.05, 4.69) is 54.2 Å². The van der Waals surface area contributed by atoms with Crippen LogP contribution in [0.25, 0.3) is 16.5 Å². The molecule has 0 bridgehead atoms. The number of H-pyrrole nitrogens is 1. The van der Waals surface area contributed by atoms with Crippen LogP contribution in [0.2, 0.25) is 0 Å². The van der Waals surface area contributed by atoms with Crippen LogP contribution in [0.1, 0.15) is 31.4 Å². The van der Waals surface area contributed by atoms with Gasteiger partial charge in [-0.05, 0) is 62.5 Å². The first-order valence-electron chi connectivity index (χ1n) is 10.2. The van der Waals surface area contributed by atoms with E-state index in [0.29, 0.717) is 12.6 Å². The van der Waals surface area contributed by atoms with Gasteiger partial charge in [-0.3, -0.25) is 9.69 Å². The van der Waals surface area contributed by atoms with Crippen molar-refractivity contribution in [1.29, 1.82) is 0 Å². The van der Waals surface area contributed by atoms with Crippen LogP contribution in [0.4, 0.5) is 0 Å². The highest BCUT2D eigenvalue weighted by atomic mass is 16.2. The molecule has 0 saturated carbocycles. The third-order valence-electron chi connectivity index (χ3n) is 6.17. The molecule has 1 aromatic heterocycles. The minimum absolute atomic E-state index is 0.0790. The Kier molecular flexibility index (Phi) is 5.06. The summed E-state index contributed by atoms with van der Waals surface area (Å²) in [6.45, 7) is 8.05. The van der Waals surface area contributed by atoms with E-state index in [-0.39, 0.29) is 11.8 Å². The van der Waals surface area contributed by atoms with Crippen LogP contribution in [0, 0.1) is 5.92 Å². The molecule has 1 aromatic carbocycles. The first-order chi connectivity index (χ1) is 13.2. The summed E-state index contributed by atoms with van der Waals surface area (Å²) in [6, 6.07) is 6.80. The quantitative estimate of drug-likeness (QED) is 0.826. The number of amides is 1. The summed E-state index contributed by atoms with van der Waals surface area (Å²) in [5, 5.41) is 1.33. The average molecular weight is 367 g/mol. The number of rotatable bonds is 6. The van der Waals surface area contributed by atoms with Gasteiger partial charge in [-0.1, -0.05) is 18.2 Å². The van der Waals surface area contributed by atoms with Crippen LogP contribution < -0.4 is 5.73 Å². The Hall–Kier alpha value is -2.11. The van der Waals surface area contributed by atoms with Gasteiger partial charge in [0, 0.05) is 42.8 Å². The van der Waals surface area contributed by atoms with Crippen LogP contribution in [0.3, 0.4) is 0 Å². The van der Waals surface area contributed by atoms with Crippen molar-refractivity contribution in [2.24, 2.45) is 11.7 Å². The van der Waals surface area contributed by atoms with Gasteiger partial charge in [-0.15, -0.1) is 0 Å². The maximum atomic E-state index is 13.1. The molecule has 3 N–H and O–H groups in total. The number of aromatic amines is 1. The minimum atomic E-state index is -0.0790. The monoisotopic (exact) mass is 366 g/mol. The molecule has 0 spiro atoms. The lowest BCUT2D eigenvalue weighted by molar-refractivity contribution is -0.134. The molecule has 0 saturated heterocycles. The molecule has 1 amide bonds. The van der Waals surface area contributed by atoms with Gasteiger partial charge >= 0.3 is 0 Å². The van der Waals surface area contributed by atoms with E-state index < -0.39 is 0 Å². The second-order valence-corrected chi connectivity index (χ2v) is 7.64. The van der Waals surface area contributed by atoms with E-state index in [1.165, 1.54) is 27.6 Å². The first kappa shape index (κ1) is 18.3. The van der Waals surface area contributed by atoms with Gasteiger partial charge in [0.15, 0.2) is 0 Å². The van der Waals surface area contributed by atoms with Crippen LogP contribution in [-0.2, 0) is 11.2 Å². The minimum Gasteiger partial charge on any atom is -0.361 e. The van der Waals surface area contributed by atoms with Crippen molar-refractivity contribution in [3.05, 3.63) is 41.6 Å². The Bertz CT molecular complexity index is 864. The third-order valence-corrected chi connectivity index (χ3v) is 6.17. The molecular weight excluding hydrogens is 336 g/mol. The molecule has 4 rings (SSSR count). The summed E-state index contributed by atoms with van der Waals surface area (Å²) in [4.78, 5) is 21.0. The lowest BCUT2D eigenvalue weighted by Crippen LogP contribution is -2.49. The maximum absolute atomic E-state index is 13.1. The van der Waals surface area contributed by atoms with Gasteiger partial charge in [0.2, 0.25) is 5.91 Å². The van der Waals surface area contributed by atoms with E-state index in [4.69, 9.17) is 5.73 Å². The predicted octanol–water partition coefficient (Wildman–Crippen LogP) is 2.62. The number of nitrogens with one attached hydrogen (secondary N) is 1. The fraction of sp³-hybridized carbons (Fsp3) is 0.500. The number of hydrogen-bond acceptors (Lipinski definition) is 3. The fourth-order valence-corrected chi connectivity index (χ4v) is 4.79. The van der Waals surface area contributed by atoms with Crippen LogP contribution in [0.5, 0.6) is 0 Å². The smallest absolute Gasteiger partial charge is 0.230 e. The number of carbonyl (C=O) groups is 1. The number of nitrogens with two attached hydrogens (primary N) is 1. The Morgan fingerprint density at radius 3 is 2.89 bits per heavy atom. The molecule has 2 atom stereocenters. The summed E-state index contributed by atoms with van der Waals surface area (Å²) in [6.07, 6.45) is 6.37. The molecule has 0 fully saturated rings. The van der Waals surface area contributed by atoms with E-state index in [1.54, 1.807) is 0 Å². The Labute approximate surface area is 161 Å². The van der Waals surface area contributed by atoms with E-state index in [1.807, 2.05) is 4.90 Å². The number of aromatic nitrogens is 1. The molecule has 2 aliphatic rings. The normalized spacial score (nSPS) is 21.8. The molecule has 0 radical (unpaired) electrons. The molecule has 1 aliphatic carbocycles. The summed E-state index contributed by atoms with van der Waals surface area (Å²) in [7, 11) is 0. The molecule has 5 nitrogen and oxygen atoms in total. The Morgan fingerprint density at radius 1 is 1.33 bits per heavy atom. The molecule has 2 aromatic rings. The Balaban J connectivity index is 1.77. The second kappa shape index (κ2) is 7.49. The molecule has 27 heavy (non-hydrogen) atoms. The SMILES string of the molecule is CCN(CC)C(=O)C1C=C2c3cccc4[nH]cc(c34)C[C@H]2N(CCCN)C1. The van der Waals surface area contributed by atoms with Gasteiger partial charge in [0.1, 0.15) is 0 Å². The van der Waals surface area contributed by atoms with Crippen LogP contribution in [0.15, 0.2) is 30.5 Å². The number of fused-ring (bicyclic) bond motifs is 2. The lowest BCUT2D eigenvalue weighted by atomic mass is 9.79. The van der Waals surface area contributed by atoms with Gasteiger partial charge in [-0.2, -0.15) is 0 Å². The standard InChI is InChI=1S/C22H30N4O/c1-3-25(4-2)22(27)16-11-18-17-7-5-8-19-21(17)15(13-24-19)12-20(18)26(14-16)10-6-9-23/h5,7-8,11,13,16,20,24H,3-4,6,9-10,12,14,23H2,1-2H3/t16?,20-/m1/s1. The Morgan fingerprint density at radius 2 is 2.15 bits per heavy atom. The van der Waals surface area contributed by atoms with Gasteiger partial charge in [0.25, 0.3) is 0 Å². The lowest BCUT2D eigenvalue weighted by Gasteiger charge is -2.42. The van der Waals surface area contributed by atoms with Gasteiger partial charge in [0.05, 0.1) is 5.92 Å². The van der Waals surface area contributed by atoms with Crippen LogP contribution in [-0.4, -0.2) is 59.5 Å². The zero-order valence-electron chi connectivity index (χ0n) is 16.4. The second-order valence-electron chi connectivity index (χ2n) is 7.64. The topological polar surface area (TPSA) is 65.4 Å².